The van der Waals surface area contributed by atoms with E-state index in [1.54, 1.807) is 18.2 Å². The molecule has 3 aromatic carbocycles. The van der Waals surface area contributed by atoms with Gasteiger partial charge >= 0.3 is 0 Å². The molecule has 0 aliphatic rings. The molecule has 0 heterocycles. The van der Waals surface area contributed by atoms with Crippen molar-refractivity contribution in [3.05, 3.63) is 79.7 Å². The zero-order chi connectivity index (χ0) is 26.2. The van der Waals surface area contributed by atoms with Crippen LogP contribution in [0, 0.1) is 11.3 Å². The van der Waals surface area contributed by atoms with Crippen LogP contribution in [0.4, 0.5) is 5.69 Å². The molecule has 3 rings (SSSR count). The molecule has 1 amide bonds. The van der Waals surface area contributed by atoms with E-state index < -0.39 is 5.91 Å². The molecule has 0 radical (unpaired) electrons. The topological polar surface area (TPSA) is 89.8 Å². The summed E-state index contributed by atoms with van der Waals surface area (Å²) in [6, 6.07) is 15.6. The van der Waals surface area contributed by atoms with Crippen LogP contribution in [0.15, 0.2) is 58.6 Å². The molecule has 1 N–H and O–H groups in total. The number of hydrogen-bond donors (Lipinski definition) is 1. The Morgan fingerprint density at radius 1 is 1.03 bits per heavy atom. The van der Waals surface area contributed by atoms with Gasteiger partial charge in [0.1, 0.15) is 29.7 Å². The summed E-state index contributed by atoms with van der Waals surface area (Å²) in [5.74, 6) is 0.904. The molecule has 36 heavy (non-hydrogen) atoms. The van der Waals surface area contributed by atoms with E-state index in [0.717, 1.165) is 5.56 Å². The van der Waals surface area contributed by atoms with Crippen molar-refractivity contribution in [2.45, 2.75) is 6.61 Å². The first-order valence-electron chi connectivity index (χ1n) is 10.4. The smallest absolute Gasteiger partial charge is 0.266 e. The lowest BCUT2D eigenvalue weighted by atomic mass is 10.1. The van der Waals surface area contributed by atoms with E-state index in [2.05, 4.69) is 21.2 Å². The summed E-state index contributed by atoms with van der Waals surface area (Å²) in [5, 5.41) is 13.2. The summed E-state index contributed by atoms with van der Waals surface area (Å²) in [4.78, 5) is 12.9. The number of benzene rings is 3. The minimum atomic E-state index is -0.642. The van der Waals surface area contributed by atoms with E-state index in [1.165, 1.54) is 39.5 Å². The molecule has 0 saturated carbocycles. The molecule has 0 saturated heterocycles. The minimum Gasteiger partial charge on any atom is -0.495 e. The van der Waals surface area contributed by atoms with Crippen molar-refractivity contribution >= 4 is 56.8 Å². The normalized spacial score (nSPS) is 10.9. The van der Waals surface area contributed by atoms with Crippen molar-refractivity contribution < 1.29 is 23.7 Å². The predicted molar refractivity (Wildman–Crippen MR) is 143 cm³/mol. The number of nitriles is 1. The van der Waals surface area contributed by atoms with Crippen LogP contribution in [0.3, 0.4) is 0 Å². The van der Waals surface area contributed by atoms with Crippen molar-refractivity contribution in [3.63, 3.8) is 0 Å². The standard InChI is InChI=1S/C26H21BrCl2N2O5/c1-33-22-12-21(23(34-2)11-20(22)29)31-26(32)17(13-30)7-16-9-19(27)25(24(10-16)35-3)36-14-15-5-4-6-18(28)8-15/h4-12H,14H2,1-3H3,(H,31,32)/b17-7+. The van der Waals surface area contributed by atoms with Gasteiger partial charge in [-0.1, -0.05) is 35.3 Å². The number of carbonyl (C=O) groups excluding carboxylic acids is 1. The number of methoxy groups -OCH3 is 3. The number of ether oxygens (including phenoxy) is 4. The van der Waals surface area contributed by atoms with Crippen LogP contribution < -0.4 is 24.3 Å². The van der Waals surface area contributed by atoms with Crippen LogP contribution in [0.25, 0.3) is 6.08 Å². The zero-order valence-electron chi connectivity index (χ0n) is 19.5. The number of amides is 1. The van der Waals surface area contributed by atoms with Gasteiger partial charge < -0.3 is 24.3 Å². The van der Waals surface area contributed by atoms with Crippen molar-refractivity contribution in [3.8, 4) is 29.1 Å². The molecule has 0 spiro atoms. The molecule has 10 heteroatoms. The zero-order valence-corrected chi connectivity index (χ0v) is 22.6. The number of rotatable bonds is 9. The van der Waals surface area contributed by atoms with Gasteiger partial charge in [-0.2, -0.15) is 5.26 Å². The Morgan fingerprint density at radius 2 is 1.75 bits per heavy atom. The number of anilines is 1. The third kappa shape index (κ3) is 6.64. The van der Waals surface area contributed by atoms with Gasteiger partial charge in [-0.3, -0.25) is 4.79 Å². The van der Waals surface area contributed by atoms with Crippen molar-refractivity contribution in [1.82, 2.24) is 0 Å². The van der Waals surface area contributed by atoms with Gasteiger partial charge in [-0.25, -0.2) is 0 Å². The third-order valence-electron chi connectivity index (χ3n) is 4.92. The van der Waals surface area contributed by atoms with E-state index in [0.29, 0.717) is 48.8 Å². The summed E-state index contributed by atoms with van der Waals surface area (Å²) in [6.45, 7) is 0.267. The van der Waals surface area contributed by atoms with Gasteiger partial charge in [0.25, 0.3) is 5.91 Å². The lowest BCUT2D eigenvalue weighted by Crippen LogP contribution is -2.14. The average Bonchev–Trinajstić information content (AvgIpc) is 2.86. The lowest BCUT2D eigenvalue weighted by molar-refractivity contribution is -0.112. The number of nitrogens with one attached hydrogen (secondary N) is 1. The maximum absolute atomic E-state index is 12.9. The highest BCUT2D eigenvalue weighted by molar-refractivity contribution is 9.10. The molecule has 0 aliphatic carbocycles. The summed E-state index contributed by atoms with van der Waals surface area (Å²) in [6.07, 6.45) is 1.43. The van der Waals surface area contributed by atoms with Crippen molar-refractivity contribution in [1.29, 1.82) is 5.26 Å². The number of carbonyl (C=O) groups is 1. The second-order valence-electron chi connectivity index (χ2n) is 7.26. The average molecular weight is 592 g/mol. The molecule has 7 nitrogen and oxygen atoms in total. The van der Waals surface area contributed by atoms with Gasteiger partial charge in [-0.05, 0) is 57.4 Å². The number of halogens is 3. The largest absolute Gasteiger partial charge is 0.495 e. The molecular weight excluding hydrogens is 571 g/mol. The van der Waals surface area contributed by atoms with Crippen molar-refractivity contribution in [2.24, 2.45) is 0 Å². The van der Waals surface area contributed by atoms with E-state index in [4.69, 9.17) is 42.1 Å². The summed E-state index contributed by atoms with van der Waals surface area (Å²) < 4.78 is 22.5. The van der Waals surface area contributed by atoms with Gasteiger partial charge in [0.05, 0.1) is 36.5 Å². The Hall–Kier alpha value is -3.38. The number of nitrogens with zero attached hydrogens (tertiary/aromatic N) is 1. The van der Waals surface area contributed by atoms with Crippen LogP contribution in [-0.2, 0) is 11.4 Å². The second-order valence-corrected chi connectivity index (χ2v) is 8.96. The van der Waals surface area contributed by atoms with Crippen LogP contribution in [0.1, 0.15) is 11.1 Å². The second kappa shape index (κ2) is 12.5. The Labute approximate surface area is 227 Å². The van der Waals surface area contributed by atoms with Crippen molar-refractivity contribution in [2.75, 3.05) is 26.6 Å². The van der Waals surface area contributed by atoms with E-state index >= 15 is 0 Å². The Morgan fingerprint density at radius 3 is 2.39 bits per heavy atom. The van der Waals surface area contributed by atoms with Gasteiger partial charge in [-0.15, -0.1) is 0 Å². The van der Waals surface area contributed by atoms with Crippen LogP contribution in [0.2, 0.25) is 10.0 Å². The lowest BCUT2D eigenvalue weighted by Gasteiger charge is -2.14. The van der Waals surface area contributed by atoms with Gasteiger partial charge in [0.15, 0.2) is 11.5 Å². The molecule has 0 fully saturated rings. The maximum Gasteiger partial charge on any atom is 0.266 e. The summed E-state index contributed by atoms with van der Waals surface area (Å²) in [5.41, 5.74) is 1.58. The monoisotopic (exact) mass is 590 g/mol. The van der Waals surface area contributed by atoms with Crippen LogP contribution in [0.5, 0.6) is 23.0 Å². The molecule has 0 aromatic heterocycles. The van der Waals surface area contributed by atoms with Gasteiger partial charge in [0, 0.05) is 17.2 Å². The predicted octanol–water partition coefficient (Wildman–Crippen LogP) is 6.91. The molecule has 0 atom stereocenters. The first-order valence-corrected chi connectivity index (χ1v) is 11.9. The van der Waals surface area contributed by atoms with Crippen LogP contribution in [-0.4, -0.2) is 27.2 Å². The van der Waals surface area contributed by atoms with E-state index in [9.17, 15) is 10.1 Å². The Balaban J connectivity index is 1.86. The van der Waals surface area contributed by atoms with E-state index in [1.807, 2.05) is 24.3 Å². The van der Waals surface area contributed by atoms with Crippen LogP contribution >= 0.6 is 39.1 Å². The molecular formula is C26H21BrCl2N2O5. The molecule has 0 aliphatic heterocycles. The maximum atomic E-state index is 12.9. The first kappa shape index (κ1) is 27.2. The highest BCUT2D eigenvalue weighted by Gasteiger charge is 2.17. The quantitative estimate of drug-likeness (QED) is 0.215. The first-order chi connectivity index (χ1) is 17.3. The Bertz CT molecular complexity index is 1350. The molecule has 0 unspecified atom stereocenters. The fourth-order valence-corrected chi connectivity index (χ4v) is 4.23. The minimum absolute atomic E-state index is 0.146. The number of hydrogen-bond acceptors (Lipinski definition) is 6. The Kier molecular flexibility index (Phi) is 9.48. The fraction of sp³-hybridized carbons (Fsp3) is 0.154. The third-order valence-corrected chi connectivity index (χ3v) is 6.04. The highest BCUT2D eigenvalue weighted by atomic mass is 79.9. The SMILES string of the molecule is COc1cc(NC(=O)/C(C#N)=C/c2cc(Br)c(OCc3cccc(Cl)c3)c(OC)c2)c(OC)cc1Cl. The van der Waals surface area contributed by atoms with Gasteiger partial charge in [0.2, 0.25) is 0 Å². The molecule has 0 bridgehead atoms. The summed E-state index contributed by atoms with van der Waals surface area (Å²) in [7, 11) is 4.39. The molecule has 3 aromatic rings. The summed E-state index contributed by atoms with van der Waals surface area (Å²) >= 11 is 15.6. The van der Waals surface area contributed by atoms with E-state index in [-0.39, 0.29) is 12.2 Å². The fourth-order valence-electron chi connectivity index (χ4n) is 3.21. The highest BCUT2D eigenvalue weighted by Crippen LogP contribution is 2.38. The molecule has 186 valence electrons.